The fourth-order valence-corrected chi connectivity index (χ4v) is 2.64. The van der Waals surface area contributed by atoms with Crippen LogP contribution >= 0.6 is 0 Å². The van der Waals surface area contributed by atoms with Crippen molar-refractivity contribution in [2.75, 3.05) is 25.5 Å². The minimum absolute atomic E-state index is 0.152. The Hall–Kier alpha value is -1.09. The van der Waals surface area contributed by atoms with Gasteiger partial charge in [-0.05, 0) is 70.4 Å². The highest BCUT2D eigenvalue weighted by Crippen LogP contribution is 2.24. The molecule has 3 heteroatoms. The normalized spacial score (nSPS) is 19.8. The van der Waals surface area contributed by atoms with Crippen LogP contribution in [0.2, 0.25) is 0 Å². The Morgan fingerprint density at radius 3 is 2.67 bits per heavy atom. The zero-order valence-corrected chi connectivity index (χ0v) is 11.5. The topological polar surface area (TPSA) is 15.3 Å². The standard InChI is InChI=1S/C15H23FN2/c1-11-4-5-14(16)15(10-11)17-12(2)13-6-8-18(3)9-7-13/h4-5,10,12-13,17H,6-9H2,1-3H3. The summed E-state index contributed by atoms with van der Waals surface area (Å²) < 4.78 is 13.7. The van der Waals surface area contributed by atoms with E-state index in [-0.39, 0.29) is 5.82 Å². The van der Waals surface area contributed by atoms with Gasteiger partial charge in [0.05, 0.1) is 5.69 Å². The van der Waals surface area contributed by atoms with E-state index in [0.717, 1.165) is 18.7 Å². The second kappa shape index (κ2) is 5.70. The van der Waals surface area contributed by atoms with Gasteiger partial charge in [0.15, 0.2) is 0 Å². The van der Waals surface area contributed by atoms with Crippen LogP contribution in [0.1, 0.15) is 25.3 Å². The predicted molar refractivity (Wildman–Crippen MR) is 74.4 cm³/mol. The highest BCUT2D eigenvalue weighted by atomic mass is 19.1. The van der Waals surface area contributed by atoms with E-state index in [1.807, 2.05) is 13.0 Å². The number of likely N-dealkylation sites (tertiary alicyclic amines) is 1. The average molecular weight is 250 g/mol. The number of aryl methyl sites for hydroxylation is 1. The van der Waals surface area contributed by atoms with E-state index in [4.69, 9.17) is 0 Å². The molecule has 0 bridgehead atoms. The summed E-state index contributed by atoms with van der Waals surface area (Å²) in [5.41, 5.74) is 1.73. The first-order valence-electron chi connectivity index (χ1n) is 6.77. The van der Waals surface area contributed by atoms with Crippen molar-refractivity contribution < 1.29 is 4.39 Å². The third-order valence-corrected chi connectivity index (χ3v) is 3.98. The number of anilines is 1. The number of rotatable bonds is 3. The summed E-state index contributed by atoms with van der Waals surface area (Å²) in [6.45, 7) is 6.45. The van der Waals surface area contributed by atoms with Crippen molar-refractivity contribution in [1.82, 2.24) is 4.90 Å². The third kappa shape index (κ3) is 3.22. The second-order valence-corrected chi connectivity index (χ2v) is 5.56. The van der Waals surface area contributed by atoms with Crippen LogP contribution in [0.25, 0.3) is 0 Å². The van der Waals surface area contributed by atoms with Crippen LogP contribution in [0.4, 0.5) is 10.1 Å². The summed E-state index contributed by atoms with van der Waals surface area (Å²) in [5, 5.41) is 3.34. The molecule has 1 atom stereocenters. The third-order valence-electron chi connectivity index (χ3n) is 3.98. The number of piperidine rings is 1. The second-order valence-electron chi connectivity index (χ2n) is 5.56. The molecule has 1 aromatic rings. The number of nitrogens with one attached hydrogen (secondary N) is 1. The van der Waals surface area contributed by atoms with Crippen LogP contribution in [0.5, 0.6) is 0 Å². The van der Waals surface area contributed by atoms with Gasteiger partial charge < -0.3 is 10.2 Å². The van der Waals surface area contributed by atoms with Crippen LogP contribution in [0.15, 0.2) is 18.2 Å². The Kier molecular flexibility index (Phi) is 4.23. The van der Waals surface area contributed by atoms with Crippen LogP contribution < -0.4 is 5.32 Å². The molecule has 1 aromatic carbocycles. The fourth-order valence-electron chi connectivity index (χ4n) is 2.64. The molecule has 1 saturated heterocycles. The number of hydrogen-bond acceptors (Lipinski definition) is 2. The minimum atomic E-state index is -0.152. The quantitative estimate of drug-likeness (QED) is 0.885. The molecule has 2 rings (SSSR count). The monoisotopic (exact) mass is 250 g/mol. The molecular weight excluding hydrogens is 227 g/mol. The molecule has 0 aromatic heterocycles. The van der Waals surface area contributed by atoms with Gasteiger partial charge in [-0.2, -0.15) is 0 Å². The molecule has 0 aliphatic carbocycles. The molecule has 18 heavy (non-hydrogen) atoms. The first-order chi connectivity index (χ1) is 8.56. The number of benzene rings is 1. The Labute approximate surface area is 109 Å². The molecule has 0 spiro atoms. The van der Waals surface area contributed by atoms with E-state index in [1.54, 1.807) is 12.1 Å². The molecule has 1 aliphatic rings. The van der Waals surface area contributed by atoms with Gasteiger partial charge in [0.1, 0.15) is 5.82 Å². The lowest BCUT2D eigenvalue weighted by molar-refractivity contribution is 0.208. The van der Waals surface area contributed by atoms with E-state index in [1.165, 1.54) is 12.8 Å². The summed E-state index contributed by atoms with van der Waals surface area (Å²) in [6.07, 6.45) is 2.39. The Morgan fingerprint density at radius 1 is 1.33 bits per heavy atom. The van der Waals surface area contributed by atoms with Gasteiger partial charge in [0.25, 0.3) is 0 Å². The van der Waals surface area contributed by atoms with Crippen LogP contribution in [-0.4, -0.2) is 31.1 Å². The Morgan fingerprint density at radius 2 is 2.00 bits per heavy atom. The first kappa shape index (κ1) is 13.3. The average Bonchev–Trinajstić information content (AvgIpc) is 2.34. The largest absolute Gasteiger partial charge is 0.380 e. The molecular formula is C15H23FN2. The van der Waals surface area contributed by atoms with Crippen molar-refractivity contribution in [3.8, 4) is 0 Å². The van der Waals surface area contributed by atoms with Crippen molar-refractivity contribution in [3.05, 3.63) is 29.6 Å². The molecule has 1 unspecified atom stereocenters. The number of nitrogens with zero attached hydrogens (tertiary/aromatic N) is 1. The highest BCUT2D eigenvalue weighted by Gasteiger charge is 2.22. The lowest BCUT2D eigenvalue weighted by atomic mass is 9.90. The van der Waals surface area contributed by atoms with Crippen molar-refractivity contribution in [3.63, 3.8) is 0 Å². The van der Waals surface area contributed by atoms with Crippen molar-refractivity contribution in [1.29, 1.82) is 0 Å². The van der Waals surface area contributed by atoms with E-state index in [2.05, 4.69) is 24.2 Å². The smallest absolute Gasteiger partial charge is 0.146 e. The van der Waals surface area contributed by atoms with Gasteiger partial charge in [0.2, 0.25) is 0 Å². The Bertz CT molecular complexity index is 397. The summed E-state index contributed by atoms with van der Waals surface area (Å²) in [5.74, 6) is 0.487. The summed E-state index contributed by atoms with van der Waals surface area (Å²) >= 11 is 0. The van der Waals surface area contributed by atoms with Gasteiger partial charge in [-0.1, -0.05) is 6.07 Å². The molecule has 1 heterocycles. The van der Waals surface area contributed by atoms with Crippen LogP contribution in [0, 0.1) is 18.7 Å². The lowest BCUT2D eigenvalue weighted by Crippen LogP contribution is -2.37. The molecule has 2 nitrogen and oxygen atoms in total. The maximum Gasteiger partial charge on any atom is 0.146 e. The van der Waals surface area contributed by atoms with Crippen molar-refractivity contribution in [2.24, 2.45) is 5.92 Å². The van der Waals surface area contributed by atoms with Gasteiger partial charge in [-0.15, -0.1) is 0 Å². The van der Waals surface area contributed by atoms with Gasteiger partial charge in [0, 0.05) is 6.04 Å². The SMILES string of the molecule is Cc1ccc(F)c(NC(C)C2CCN(C)CC2)c1. The number of halogens is 1. The molecule has 0 saturated carbocycles. The molecule has 1 aliphatic heterocycles. The highest BCUT2D eigenvalue weighted by molar-refractivity contribution is 5.47. The summed E-state index contributed by atoms with van der Waals surface area (Å²) in [4.78, 5) is 2.36. The van der Waals surface area contributed by atoms with Gasteiger partial charge >= 0.3 is 0 Å². The maximum absolute atomic E-state index is 13.7. The zero-order valence-electron chi connectivity index (χ0n) is 11.5. The molecule has 1 N–H and O–H groups in total. The summed E-state index contributed by atoms with van der Waals surface area (Å²) in [7, 11) is 2.16. The Balaban J connectivity index is 1.98. The maximum atomic E-state index is 13.7. The lowest BCUT2D eigenvalue weighted by Gasteiger charge is -2.33. The predicted octanol–water partition coefficient (Wildman–Crippen LogP) is 3.28. The zero-order chi connectivity index (χ0) is 13.1. The fraction of sp³-hybridized carbons (Fsp3) is 0.600. The number of hydrogen-bond donors (Lipinski definition) is 1. The van der Waals surface area contributed by atoms with E-state index >= 15 is 0 Å². The van der Waals surface area contributed by atoms with Gasteiger partial charge in [-0.25, -0.2) is 4.39 Å². The first-order valence-corrected chi connectivity index (χ1v) is 6.77. The van der Waals surface area contributed by atoms with E-state index in [0.29, 0.717) is 17.6 Å². The summed E-state index contributed by atoms with van der Waals surface area (Å²) in [6, 6.07) is 5.57. The van der Waals surface area contributed by atoms with Crippen molar-refractivity contribution >= 4 is 5.69 Å². The minimum Gasteiger partial charge on any atom is -0.380 e. The molecule has 0 radical (unpaired) electrons. The van der Waals surface area contributed by atoms with Crippen LogP contribution in [-0.2, 0) is 0 Å². The van der Waals surface area contributed by atoms with Crippen LogP contribution in [0.3, 0.4) is 0 Å². The molecule has 1 fully saturated rings. The van der Waals surface area contributed by atoms with Gasteiger partial charge in [-0.3, -0.25) is 0 Å². The molecule has 100 valence electrons. The molecule has 0 amide bonds. The van der Waals surface area contributed by atoms with E-state index < -0.39 is 0 Å². The van der Waals surface area contributed by atoms with E-state index in [9.17, 15) is 4.39 Å². The van der Waals surface area contributed by atoms with Crippen molar-refractivity contribution in [2.45, 2.75) is 32.7 Å².